The van der Waals surface area contributed by atoms with Crippen LogP contribution in [0.25, 0.3) is 0 Å². The van der Waals surface area contributed by atoms with Crippen LogP contribution in [0.5, 0.6) is 5.75 Å². The molecule has 18 heavy (non-hydrogen) atoms. The van der Waals surface area contributed by atoms with Crippen LogP contribution in [0.2, 0.25) is 0 Å². The monoisotopic (exact) mass is 249 g/mol. The van der Waals surface area contributed by atoms with Gasteiger partial charge in [-0.2, -0.15) is 0 Å². The van der Waals surface area contributed by atoms with E-state index in [0.717, 1.165) is 25.0 Å². The number of hydrogen-bond acceptors (Lipinski definition) is 3. The third kappa shape index (κ3) is 2.85. The van der Waals surface area contributed by atoms with Crippen LogP contribution in [0.3, 0.4) is 0 Å². The Kier molecular flexibility index (Phi) is 4.61. The smallest absolute Gasteiger partial charge is 0.118 e. The summed E-state index contributed by atoms with van der Waals surface area (Å²) in [5, 5.41) is 10.2. The van der Waals surface area contributed by atoms with E-state index in [2.05, 4.69) is 12.1 Å². The van der Waals surface area contributed by atoms with Crippen molar-refractivity contribution in [3.8, 4) is 5.75 Å². The Hall–Kier alpha value is -1.06. The molecule has 100 valence electrons. The first-order valence-electron chi connectivity index (χ1n) is 6.78. The van der Waals surface area contributed by atoms with E-state index < -0.39 is 0 Å². The number of hydrogen-bond donors (Lipinski definition) is 2. The fourth-order valence-corrected chi connectivity index (χ4v) is 3.02. The van der Waals surface area contributed by atoms with Crippen LogP contribution < -0.4 is 10.5 Å². The molecule has 1 saturated carbocycles. The van der Waals surface area contributed by atoms with Crippen molar-refractivity contribution in [3.63, 3.8) is 0 Å². The maximum Gasteiger partial charge on any atom is 0.118 e. The summed E-state index contributed by atoms with van der Waals surface area (Å²) in [7, 11) is 1.67. The number of nitrogens with two attached hydrogens (primary N) is 1. The van der Waals surface area contributed by atoms with Crippen LogP contribution in [0, 0.1) is 5.92 Å². The first-order chi connectivity index (χ1) is 8.76. The molecule has 1 aliphatic carbocycles. The zero-order chi connectivity index (χ0) is 13.0. The number of aliphatic hydroxyl groups is 1. The van der Waals surface area contributed by atoms with Gasteiger partial charge in [0.15, 0.2) is 0 Å². The molecule has 3 N–H and O–H groups in total. The maximum atomic E-state index is 10.2. The zero-order valence-corrected chi connectivity index (χ0v) is 11.0. The summed E-state index contributed by atoms with van der Waals surface area (Å²) in [5.74, 6) is 1.42. The van der Waals surface area contributed by atoms with Gasteiger partial charge in [0.1, 0.15) is 5.75 Å². The second-order valence-electron chi connectivity index (χ2n) is 5.13. The summed E-state index contributed by atoms with van der Waals surface area (Å²) in [6.07, 6.45) is 4.13. The van der Waals surface area contributed by atoms with E-state index in [4.69, 9.17) is 10.5 Å². The van der Waals surface area contributed by atoms with Crippen molar-refractivity contribution in [2.24, 2.45) is 11.7 Å². The number of methoxy groups -OCH3 is 1. The van der Waals surface area contributed by atoms with Crippen molar-refractivity contribution in [2.45, 2.75) is 37.7 Å². The molecule has 3 nitrogen and oxygen atoms in total. The highest BCUT2D eigenvalue weighted by Crippen LogP contribution is 2.36. The summed E-state index contributed by atoms with van der Waals surface area (Å²) in [6.45, 7) is 0.591. The van der Waals surface area contributed by atoms with Gasteiger partial charge in [0.25, 0.3) is 0 Å². The summed E-state index contributed by atoms with van der Waals surface area (Å²) in [5.41, 5.74) is 7.14. The third-order valence-corrected chi connectivity index (χ3v) is 4.10. The minimum absolute atomic E-state index is 0.200. The fourth-order valence-electron chi connectivity index (χ4n) is 3.02. The van der Waals surface area contributed by atoms with Crippen LogP contribution in [-0.4, -0.2) is 24.9 Å². The Morgan fingerprint density at radius 2 is 1.94 bits per heavy atom. The molecule has 1 aromatic carbocycles. The summed E-state index contributed by atoms with van der Waals surface area (Å²) >= 11 is 0. The molecule has 1 aromatic rings. The summed E-state index contributed by atoms with van der Waals surface area (Å²) < 4.78 is 5.17. The van der Waals surface area contributed by atoms with Gasteiger partial charge in [-0.15, -0.1) is 0 Å². The van der Waals surface area contributed by atoms with Crippen LogP contribution in [0.4, 0.5) is 0 Å². The van der Waals surface area contributed by atoms with Gasteiger partial charge in [-0.1, -0.05) is 25.0 Å². The first-order valence-corrected chi connectivity index (χ1v) is 6.78. The van der Waals surface area contributed by atoms with Crippen molar-refractivity contribution in [2.75, 3.05) is 13.7 Å². The molecule has 1 fully saturated rings. The van der Waals surface area contributed by atoms with E-state index in [1.165, 1.54) is 12.0 Å². The lowest BCUT2D eigenvalue weighted by atomic mass is 9.75. The highest BCUT2D eigenvalue weighted by atomic mass is 16.5. The van der Waals surface area contributed by atoms with Crippen molar-refractivity contribution >= 4 is 0 Å². The Morgan fingerprint density at radius 1 is 1.28 bits per heavy atom. The molecule has 3 atom stereocenters. The molecular formula is C15H23NO2. The quantitative estimate of drug-likeness (QED) is 0.860. The Bertz CT molecular complexity index is 363. The minimum Gasteiger partial charge on any atom is -0.497 e. The molecule has 0 radical (unpaired) electrons. The van der Waals surface area contributed by atoms with Crippen molar-refractivity contribution in [3.05, 3.63) is 29.8 Å². The molecule has 1 aliphatic rings. The highest BCUT2D eigenvalue weighted by molar-refractivity contribution is 5.30. The van der Waals surface area contributed by atoms with E-state index in [0.29, 0.717) is 12.5 Å². The maximum absolute atomic E-state index is 10.2. The molecule has 0 amide bonds. The zero-order valence-electron chi connectivity index (χ0n) is 11.0. The van der Waals surface area contributed by atoms with E-state index >= 15 is 0 Å². The Balaban J connectivity index is 2.15. The lowest BCUT2D eigenvalue weighted by Gasteiger charge is -2.34. The third-order valence-electron chi connectivity index (χ3n) is 4.10. The normalized spacial score (nSPS) is 25.7. The van der Waals surface area contributed by atoms with Gasteiger partial charge < -0.3 is 15.6 Å². The SMILES string of the molecule is COc1ccc(C(CN)C2CCCCC2O)cc1. The standard InChI is InChI=1S/C15H23NO2/c1-18-12-8-6-11(7-9-12)14(10-16)13-4-2-3-5-15(13)17/h6-9,13-15,17H,2-5,10,16H2,1H3. The van der Waals surface area contributed by atoms with Crippen molar-refractivity contribution in [1.29, 1.82) is 0 Å². The second kappa shape index (κ2) is 6.21. The number of ether oxygens (including phenoxy) is 1. The Morgan fingerprint density at radius 3 is 2.50 bits per heavy atom. The summed E-state index contributed by atoms with van der Waals surface area (Å²) in [6, 6.07) is 8.07. The molecule has 0 aliphatic heterocycles. The van der Waals surface area contributed by atoms with E-state index in [9.17, 15) is 5.11 Å². The molecular weight excluding hydrogens is 226 g/mol. The van der Waals surface area contributed by atoms with Gasteiger partial charge in [-0.25, -0.2) is 0 Å². The molecule has 0 saturated heterocycles. The minimum atomic E-state index is -0.200. The highest BCUT2D eigenvalue weighted by Gasteiger charge is 2.30. The lowest BCUT2D eigenvalue weighted by molar-refractivity contribution is 0.0561. The molecule has 0 aromatic heterocycles. The first kappa shape index (κ1) is 13.4. The van der Waals surface area contributed by atoms with Gasteiger partial charge >= 0.3 is 0 Å². The van der Waals surface area contributed by atoms with Crippen LogP contribution >= 0.6 is 0 Å². The van der Waals surface area contributed by atoms with Gasteiger partial charge in [-0.05, 0) is 43.0 Å². The van der Waals surface area contributed by atoms with Crippen molar-refractivity contribution in [1.82, 2.24) is 0 Å². The molecule has 3 unspecified atom stereocenters. The van der Waals surface area contributed by atoms with Gasteiger partial charge in [0, 0.05) is 5.92 Å². The van der Waals surface area contributed by atoms with Gasteiger partial charge in [-0.3, -0.25) is 0 Å². The van der Waals surface area contributed by atoms with E-state index in [1.807, 2.05) is 12.1 Å². The molecule has 3 heteroatoms. The molecule has 0 spiro atoms. The van der Waals surface area contributed by atoms with Gasteiger partial charge in [0.2, 0.25) is 0 Å². The van der Waals surface area contributed by atoms with Crippen LogP contribution in [0.15, 0.2) is 24.3 Å². The molecule has 2 rings (SSSR count). The molecule has 0 bridgehead atoms. The predicted molar refractivity (Wildman–Crippen MR) is 72.8 cm³/mol. The molecule has 0 heterocycles. The van der Waals surface area contributed by atoms with E-state index in [1.54, 1.807) is 7.11 Å². The van der Waals surface area contributed by atoms with Crippen LogP contribution in [-0.2, 0) is 0 Å². The largest absolute Gasteiger partial charge is 0.497 e. The van der Waals surface area contributed by atoms with Gasteiger partial charge in [0.05, 0.1) is 13.2 Å². The van der Waals surface area contributed by atoms with E-state index in [-0.39, 0.29) is 12.0 Å². The average molecular weight is 249 g/mol. The fraction of sp³-hybridized carbons (Fsp3) is 0.600. The second-order valence-corrected chi connectivity index (χ2v) is 5.13. The van der Waals surface area contributed by atoms with Crippen LogP contribution in [0.1, 0.15) is 37.2 Å². The summed E-state index contributed by atoms with van der Waals surface area (Å²) in [4.78, 5) is 0. The number of rotatable bonds is 4. The lowest BCUT2D eigenvalue weighted by Crippen LogP contribution is -2.33. The van der Waals surface area contributed by atoms with Crippen molar-refractivity contribution < 1.29 is 9.84 Å². The predicted octanol–water partition coefficient (Wildman–Crippen LogP) is 2.29. The topological polar surface area (TPSA) is 55.5 Å². The number of benzene rings is 1. The number of aliphatic hydroxyl groups excluding tert-OH is 1. The average Bonchev–Trinajstić information content (AvgIpc) is 2.42. The Labute approximate surface area is 109 Å².